The Hall–Kier alpha value is -7.42. The summed E-state index contributed by atoms with van der Waals surface area (Å²) < 4.78 is 12.3. The van der Waals surface area contributed by atoms with E-state index < -0.39 is 0 Å². The van der Waals surface area contributed by atoms with Crippen LogP contribution >= 0.6 is 0 Å². The van der Waals surface area contributed by atoms with Crippen molar-refractivity contribution in [2.75, 3.05) is 0 Å². The Balaban J connectivity index is 0.915. The van der Waals surface area contributed by atoms with Gasteiger partial charge >= 0.3 is 0 Å². The second-order valence-corrected chi connectivity index (χ2v) is 16.8. The van der Waals surface area contributed by atoms with Crippen molar-refractivity contribution < 1.29 is 8.83 Å². The van der Waals surface area contributed by atoms with E-state index in [-0.39, 0.29) is 11.3 Å². The Morgan fingerprint density at radius 3 is 1.22 bits per heavy atom. The van der Waals surface area contributed by atoms with E-state index >= 15 is 0 Å². The molecule has 0 amide bonds. The minimum atomic E-state index is -0.0403. The number of rotatable bonds is 6. The molecule has 12 rings (SSSR count). The Morgan fingerprint density at radius 1 is 0.317 bits per heavy atom. The van der Waals surface area contributed by atoms with Crippen molar-refractivity contribution in [1.82, 2.24) is 0 Å². The summed E-state index contributed by atoms with van der Waals surface area (Å²) in [5.74, 6) is 0.0381. The SMILES string of the molecule is CC1(C)c2ccccc2-c2ccc(-c3ccc(C(c4ccc(-c5ccc6oc7ccccc7c6c5)cc4)c4ccc(-c5ccc6oc7ccccc7c6c5)cc4)cc3)cc21. The van der Waals surface area contributed by atoms with Gasteiger partial charge < -0.3 is 8.83 Å². The van der Waals surface area contributed by atoms with Gasteiger partial charge in [0.2, 0.25) is 0 Å². The predicted octanol–water partition coefficient (Wildman–Crippen LogP) is 16.0. The van der Waals surface area contributed by atoms with Crippen LogP contribution in [0.5, 0.6) is 0 Å². The van der Waals surface area contributed by atoms with Crippen LogP contribution in [0.25, 0.3) is 88.4 Å². The molecule has 284 valence electrons. The van der Waals surface area contributed by atoms with Crippen LogP contribution in [-0.2, 0) is 5.41 Å². The summed E-state index contributed by atoms with van der Waals surface area (Å²) in [5, 5.41) is 4.57. The molecule has 2 aromatic heterocycles. The first kappa shape index (κ1) is 34.6. The van der Waals surface area contributed by atoms with Gasteiger partial charge in [-0.05, 0) is 115 Å². The van der Waals surface area contributed by atoms with E-state index in [0.717, 1.165) is 43.9 Å². The molecule has 2 heteroatoms. The van der Waals surface area contributed by atoms with Crippen LogP contribution in [0.3, 0.4) is 0 Å². The van der Waals surface area contributed by atoms with Gasteiger partial charge in [0.05, 0.1) is 0 Å². The average Bonchev–Trinajstić information content (AvgIpc) is 3.94. The molecule has 0 unspecified atom stereocenters. The van der Waals surface area contributed by atoms with Crippen LogP contribution in [-0.4, -0.2) is 0 Å². The normalized spacial score (nSPS) is 13.1. The van der Waals surface area contributed by atoms with Crippen LogP contribution in [0.4, 0.5) is 0 Å². The lowest BCUT2D eigenvalue weighted by molar-refractivity contribution is 0.660. The highest BCUT2D eigenvalue weighted by Gasteiger charge is 2.35. The third-order valence-electron chi connectivity index (χ3n) is 13.1. The quantitative estimate of drug-likeness (QED) is 0.158. The summed E-state index contributed by atoms with van der Waals surface area (Å²) in [6.07, 6.45) is 0. The number of hydrogen-bond acceptors (Lipinski definition) is 2. The maximum absolute atomic E-state index is 6.13. The van der Waals surface area contributed by atoms with Crippen LogP contribution in [0.2, 0.25) is 0 Å². The third kappa shape index (κ3) is 5.48. The fourth-order valence-electron chi connectivity index (χ4n) is 9.88. The second kappa shape index (κ2) is 13.3. The number of hydrogen-bond donors (Lipinski definition) is 0. The standard InChI is InChI=1S/C58H40O2/c1-58(2)51-12-6-3-9-45(51)46-30-27-44(35-52(46)58)38-19-25-41(26-20-38)57(39-21-15-36(16-22-39)42-28-31-55-49(33-42)47-10-4-7-13-53(47)59-55)40-23-17-37(18-24-40)43-29-32-56-50(34-43)48-11-5-8-14-54(48)60-56/h3-35,57H,1-2H3. The Labute approximate surface area is 349 Å². The molecule has 1 aliphatic carbocycles. The molecule has 0 saturated heterocycles. The molecule has 0 aliphatic heterocycles. The zero-order chi connectivity index (χ0) is 40.0. The topological polar surface area (TPSA) is 26.3 Å². The van der Waals surface area contributed by atoms with Gasteiger partial charge in [-0.1, -0.05) is 172 Å². The van der Waals surface area contributed by atoms with Crippen molar-refractivity contribution in [3.8, 4) is 44.5 Å². The molecule has 0 atom stereocenters. The summed E-state index contributed by atoms with van der Waals surface area (Å²) in [6, 6.07) is 73.0. The molecule has 0 fully saturated rings. The molecule has 60 heavy (non-hydrogen) atoms. The summed E-state index contributed by atoms with van der Waals surface area (Å²) in [7, 11) is 0. The Morgan fingerprint density at radius 2 is 0.700 bits per heavy atom. The number of furan rings is 2. The molecule has 9 aromatic carbocycles. The van der Waals surface area contributed by atoms with Gasteiger partial charge in [0.1, 0.15) is 22.3 Å². The smallest absolute Gasteiger partial charge is 0.135 e. The van der Waals surface area contributed by atoms with Gasteiger partial charge in [-0.2, -0.15) is 0 Å². The van der Waals surface area contributed by atoms with Crippen molar-refractivity contribution in [2.24, 2.45) is 0 Å². The highest BCUT2D eigenvalue weighted by Crippen LogP contribution is 2.49. The van der Waals surface area contributed by atoms with Gasteiger partial charge in [-0.15, -0.1) is 0 Å². The lowest BCUT2D eigenvalue weighted by Gasteiger charge is -2.22. The van der Waals surface area contributed by atoms with E-state index in [2.05, 4.69) is 190 Å². The minimum absolute atomic E-state index is 0.0381. The first-order valence-corrected chi connectivity index (χ1v) is 20.8. The second-order valence-electron chi connectivity index (χ2n) is 16.8. The van der Waals surface area contributed by atoms with Crippen molar-refractivity contribution >= 4 is 43.9 Å². The molecule has 2 nitrogen and oxygen atoms in total. The maximum atomic E-state index is 6.13. The summed E-state index contributed by atoms with van der Waals surface area (Å²) in [4.78, 5) is 0. The fourth-order valence-corrected chi connectivity index (χ4v) is 9.88. The lowest BCUT2D eigenvalue weighted by atomic mass is 9.81. The van der Waals surface area contributed by atoms with E-state index in [1.807, 2.05) is 24.3 Å². The zero-order valence-corrected chi connectivity index (χ0v) is 33.4. The van der Waals surface area contributed by atoms with E-state index in [0.29, 0.717) is 0 Å². The maximum Gasteiger partial charge on any atom is 0.135 e. The molecule has 2 heterocycles. The van der Waals surface area contributed by atoms with Crippen LogP contribution in [0, 0.1) is 0 Å². The highest BCUT2D eigenvalue weighted by atomic mass is 16.3. The van der Waals surface area contributed by atoms with E-state index in [4.69, 9.17) is 8.83 Å². The van der Waals surface area contributed by atoms with Gasteiger partial charge in [0.15, 0.2) is 0 Å². The van der Waals surface area contributed by atoms with Crippen LogP contribution < -0.4 is 0 Å². The van der Waals surface area contributed by atoms with Crippen LogP contribution in [0.1, 0.15) is 47.6 Å². The first-order valence-electron chi connectivity index (χ1n) is 20.8. The minimum Gasteiger partial charge on any atom is -0.456 e. The van der Waals surface area contributed by atoms with Gasteiger partial charge in [0.25, 0.3) is 0 Å². The third-order valence-corrected chi connectivity index (χ3v) is 13.1. The van der Waals surface area contributed by atoms with Crippen molar-refractivity contribution in [2.45, 2.75) is 25.2 Å². The monoisotopic (exact) mass is 768 g/mol. The molecule has 0 radical (unpaired) electrons. The summed E-state index contributed by atoms with van der Waals surface area (Å²) in [5.41, 5.74) is 20.0. The number of para-hydroxylation sites is 2. The molecule has 1 aliphatic rings. The molecular formula is C58H40O2. The molecular weight excluding hydrogens is 729 g/mol. The molecule has 0 N–H and O–H groups in total. The molecule has 11 aromatic rings. The highest BCUT2D eigenvalue weighted by molar-refractivity contribution is 6.07. The molecule has 0 saturated carbocycles. The first-order chi connectivity index (χ1) is 29.5. The molecule has 0 bridgehead atoms. The predicted molar refractivity (Wildman–Crippen MR) is 249 cm³/mol. The summed E-state index contributed by atoms with van der Waals surface area (Å²) in [6.45, 7) is 4.70. The van der Waals surface area contributed by atoms with Crippen molar-refractivity contribution in [3.63, 3.8) is 0 Å². The van der Waals surface area contributed by atoms with E-state index in [1.54, 1.807) is 0 Å². The fraction of sp³-hybridized carbons (Fsp3) is 0.0690. The Bertz CT molecular complexity index is 3270. The zero-order valence-electron chi connectivity index (χ0n) is 33.4. The van der Waals surface area contributed by atoms with E-state index in [9.17, 15) is 0 Å². The number of benzene rings is 9. The number of fused-ring (bicyclic) bond motifs is 9. The van der Waals surface area contributed by atoms with Crippen molar-refractivity contribution in [1.29, 1.82) is 0 Å². The Kier molecular flexibility index (Phi) is 7.68. The largest absolute Gasteiger partial charge is 0.456 e. The van der Waals surface area contributed by atoms with E-state index in [1.165, 1.54) is 72.3 Å². The molecule has 0 spiro atoms. The van der Waals surface area contributed by atoms with Gasteiger partial charge in [0, 0.05) is 32.9 Å². The van der Waals surface area contributed by atoms with Gasteiger partial charge in [-0.3, -0.25) is 0 Å². The average molecular weight is 769 g/mol. The van der Waals surface area contributed by atoms with Crippen molar-refractivity contribution in [3.05, 3.63) is 228 Å². The lowest BCUT2D eigenvalue weighted by Crippen LogP contribution is -2.14. The summed E-state index contributed by atoms with van der Waals surface area (Å²) >= 11 is 0. The van der Waals surface area contributed by atoms with Crippen LogP contribution in [0.15, 0.2) is 209 Å². The van der Waals surface area contributed by atoms with Gasteiger partial charge in [-0.25, -0.2) is 0 Å².